The van der Waals surface area contributed by atoms with Gasteiger partial charge in [-0.1, -0.05) is 6.92 Å². The van der Waals surface area contributed by atoms with Gasteiger partial charge in [0.1, 0.15) is 5.82 Å². The number of nitrogens with one attached hydrogen (secondary N) is 1. The molecule has 112 valence electrons. The summed E-state index contributed by atoms with van der Waals surface area (Å²) in [5.41, 5.74) is 0.977. The Labute approximate surface area is 120 Å². The summed E-state index contributed by atoms with van der Waals surface area (Å²) in [6.07, 6.45) is 1.58. The summed E-state index contributed by atoms with van der Waals surface area (Å²) in [4.78, 5) is 10.7. The van der Waals surface area contributed by atoms with E-state index in [1.54, 1.807) is 0 Å². The third-order valence-electron chi connectivity index (χ3n) is 3.43. The number of aromatic nitrogens is 2. The Morgan fingerprint density at radius 1 is 1.40 bits per heavy atom. The first-order valence-electron chi connectivity index (χ1n) is 6.89. The van der Waals surface area contributed by atoms with Crippen LogP contribution in [0, 0.1) is 5.92 Å². The minimum absolute atomic E-state index is 0.183. The van der Waals surface area contributed by atoms with Crippen LogP contribution in [-0.4, -0.2) is 50.5 Å². The van der Waals surface area contributed by atoms with Crippen molar-refractivity contribution in [1.29, 1.82) is 0 Å². The second-order valence-corrected chi connectivity index (χ2v) is 7.67. The molecule has 20 heavy (non-hydrogen) atoms. The highest BCUT2D eigenvalue weighted by Gasteiger charge is 2.27. The first-order chi connectivity index (χ1) is 9.39. The molecule has 1 aromatic heterocycles. The molecule has 0 aliphatic carbocycles. The van der Waals surface area contributed by atoms with Gasteiger partial charge in [0.2, 0.25) is 5.95 Å². The lowest BCUT2D eigenvalue weighted by Crippen LogP contribution is -2.18. The molecule has 0 aromatic carbocycles. The van der Waals surface area contributed by atoms with E-state index in [-0.39, 0.29) is 11.7 Å². The van der Waals surface area contributed by atoms with E-state index in [9.17, 15) is 8.42 Å². The molecule has 1 fully saturated rings. The Hall–Kier alpha value is -1.37. The Bertz CT molecular complexity index is 572. The van der Waals surface area contributed by atoms with Crippen LogP contribution in [0.5, 0.6) is 0 Å². The predicted molar refractivity (Wildman–Crippen MR) is 81.0 cm³/mol. The molecular formula is C13H22N4O2S. The van der Waals surface area contributed by atoms with Crippen LogP contribution >= 0.6 is 0 Å². The number of hydrogen-bond acceptors (Lipinski definition) is 6. The van der Waals surface area contributed by atoms with Crippen molar-refractivity contribution < 1.29 is 8.42 Å². The van der Waals surface area contributed by atoms with Gasteiger partial charge in [0.05, 0.1) is 11.5 Å². The summed E-state index contributed by atoms with van der Waals surface area (Å²) < 4.78 is 22.9. The highest BCUT2D eigenvalue weighted by atomic mass is 32.2. The second kappa shape index (κ2) is 5.95. The molecule has 0 radical (unpaired) electrons. The number of rotatable bonds is 5. The molecular weight excluding hydrogens is 276 g/mol. The molecule has 6 nitrogen and oxygen atoms in total. The van der Waals surface area contributed by atoms with Gasteiger partial charge in [-0.05, 0) is 18.8 Å². The smallest absolute Gasteiger partial charge is 0.226 e. The molecule has 1 N–H and O–H groups in total. The first kappa shape index (κ1) is 15.0. The lowest BCUT2D eigenvalue weighted by atomic mass is 10.1. The van der Waals surface area contributed by atoms with Crippen molar-refractivity contribution in [1.82, 2.24) is 9.97 Å². The number of nitrogens with zero attached hydrogens (tertiary/aromatic N) is 3. The summed E-state index contributed by atoms with van der Waals surface area (Å²) in [6, 6.07) is 1.93. The SMILES string of the molecule is CCc1cc(NCC2CCS(=O)(=O)C2)nc(N(C)C)n1. The maximum atomic E-state index is 11.4. The van der Waals surface area contributed by atoms with Crippen molar-refractivity contribution in [2.24, 2.45) is 5.92 Å². The number of anilines is 2. The highest BCUT2D eigenvalue weighted by molar-refractivity contribution is 7.91. The average molecular weight is 298 g/mol. The summed E-state index contributed by atoms with van der Waals surface area (Å²) in [6.45, 7) is 2.70. The van der Waals surface area contributed by atoms with Gasteiger partial charge in [0.25, 0.3) is 0 Å². The minimum Gasteiger partial charge on any atom is -0.370 e. The monoisotopic (exact) mass is 298 g/mol. The molecule has 0 amide bonds. The Morgan fingerprint density at radius 2 is 2.15 bits per heavy atom. The molecule has 0 bridgehead atoms. The lowest BCUT2D eigenvalue weighted by Gasteiger charge is -2.15. The van der Waals surface area contributed by atoms with Gasteiger partial charge in [0, 0.05) is 32.4 Å². The zero-order chi connectivity index (χ0) is 14.8. The van der Waals surface area contributed by atoms with Crippen molar-refractivity contribution in [3.63, 3.8) is 0 Å². The van der Waals surface area contributed by atoms with E-state index in [1.807, 2.05) is 25.1 Å². The van der Waals surface area contributed by atoms with Gasteiger partial charge >= 0.3 is 0 Å². The van der Waals surface area contributed by atoms with Gasteiger partial charge in [-0.15, -0.1) is 0 Å². The third-order valence-corrected chi connectivity index (χ3v) is 5.27. The molecule has 1 unspecified atom stereocenters. The summed E-state index contributed by atoms with van der Waals surface area (Å²) in [7, 11) is 0.994. The quantitative estimate of drug-likeness (QED) is 0.872. The number of sulfone groups is 1. The molecule has 1 aromatic rings. The summed E-state index contributed by atoms with van der Waals surface area (Å²) in [5.74, 6) is 2.22. The Morgan fingerprint density at radius 3 is 2.70 bits per heavy atom. The van der Waals surface area contributed by atoms with Gasteiger partial charge in [0.15, 0.2) is 9.84 Å². The minimum atomic E-state index is -2.82. The summed E-state index contributed by atoms with van der Waals surface area (Å²) >= 11 is 0. The van der Waals surface area contributed by atoms with Crippen LogP contribution in [0.15, 0.2) is 6.07 Å². The van der Waals surface area contributed by atoms with E-state index in [4.69, 9.17) is 0 Å². The van der Waals surface area contributed by atoms with Crippen LogP contribution in [0.2, 0.25) is 0 Å². The van der Waals surface area contributed by atoms with Gasteiger partial charge in [-0.25, -0.2) is 13.4 Å². The molecule has 2 heterocycles. The van der Waals surface area contributed by atoms with E-state index in [0.29, 0.717) is 18.2 Å². The lowest BCUT2D eigenvalue weighted by molar-refractivity contribution is 0.595. The molecule has 1 atom stereocenters. The second-order valence-electron chi connectivity index (χ2n) is 5.44. The maximum absolute atomic E-state index is 11.4. The van der Waals surface area contributed by atoms with Crippen molar-refractivity contribution >= 4 is 21.6 Å². The zero-order valence-corrected chi connectivity index (χ0v) is 13.1. The van der Waals surface area contributed by atoms with E-state index in [2.05, 4.69) is 22.2 Å². The number of hydrogen-bond donors (Lipinski definition) is 1. The fourth-order valence-electron chi connectivity index (χ4n) is 2.24. The zero-order valence-electron chi connectivity index (χ0n) is 12.3. The highest BCUT2D eigenvalue weighted by Crippen LogP contribution is 2.19. The molecule has 7 heteroatoms. The molecule has 1 aliphatic rings. The van der Waals surface area contributed by atoms with Gasteiger partial charge in [-0.3, -0.25) is 0 Å². The predicted octanol–water partition coefficient (Wildman–Crippen LogP) is 0.952. The molecule has 0 spiro atoms. The van der Waals surface area contributed by atoms with Crippen LogP contribution in [0.3, 0.4) is 0 Å². The van der Waals surface area contributed by atoms with Crippen molar-refractivity contribution in [3.8, 4) is 0 Å². The largest absolute Gasteiger partial charge is 0.370 e. The number of aryl methyl sites for hydroxylation is 1. The molecule has 1 saturated heterocycles. The fraction of sp³-hybridized carbons (Fsp3) is 0.692. The fourth-order valence-corrected chi connectivity index (χ4v) is 4.10. The summed E-state index contributed by atoms with van der Waals surface area (Å²) in [5, 5.41) is 3.25. The topological polar surface area (TPSA) is 75.2 Å². The standard InChI is InChI=1S/C13H22N4O2S/c1-4-11-7-12(16-13(15-11)17(2)3)14-8-10-5-6-20(18,19)9-10/h7,10H,4-6,8-9H2,1-3H3,(H,14,15,16). The van der Waals surface area contributed by atoms with Crippen molar-refractivity contribution in [3.05, 3.63) is 11.8 Å². The van der Waals surface area contributed by atoms with Crippen LogP contribution in [0.1, 0.15) is 19.0 Å². The van der Waals surface area contributed by atoms with Crippen LogP contribution < -0.4 is 10.2 Å². The molecule has 1 aliphatic heterocycles. The maximum Gasteiger partial charge on any atom is 0.226 e. The average Bonchev–Trinajstić information content (AvgIpc) is 2.75. The van der Waals surface area contributed by atoms with Crippen molar-refractivity contribution in [2.75, 3.05) is 42.4 Å². The third kappa shape index (κ3) is 3.82. The van der Waals surface area contributed by atoms with E-state index < -0.39 is 9.84 Å². The Kier molecular flexibility index (Phi) is 4.47. The normalized spacial score (nSPS) is 20.9. The first-order valence-corrected chi connectivity index (χ1v) is 8.71. The molecule has 2 rings (SSSR count). The van der Waals surface area contributed by atoms with Gasteiger partial charge < -0.3 is 10.2 Å². The van der Waals surface area contributed by atoms with Crippen LogP contribution in [0.4, 0.5) is 11.8 Å². The van der Waals surface area contributed by atoms with Crippen molar-refractivity contribution in [2.45, 2.75) is 19.8 Å². The van der Waals surface area contributed by atoms with Gasteiger partial charge in [-0.2, -0.15) is 4.98 Å². The van der Waals surface area contributed by atoms with E-state index in [1.165, 1.54) is 0 Å². The van der Waals surface area contributed by atoms with E-state index in [0.717, 1.165) is 24.4 Å². The molecule has 0 saturated carbocycles. The van der Waals surface area contributed by atoms with Crippen LogP contribution in [-0.2, 0) is 16.3 Å². The Balaban J connectivity index is 2.04. The van der Waals surface area contributed by atoms with Crippen LogP contribution in [0.25, 0.3) is 0 Å². The van der Waals surface area contributed by atoms with E-state index >= 15 is 0 Å².